The first-order valence-corrected chi connectivity index (χ1v) is 8.00. The van der Waals surface area contributed by atoms with Crippen molar-refractivity contribution >= 4 is 50.6 Å². The Morgan fingerprint density at radius 2 is 1.96 bits per heavy atom. The van der Waals surface area contributed by atoms with E-state index >= 15 is 0 Å². The fraction of sp³-hybridized carbons (Fsp3) is 0.0588. The van der Waals surface area contributed by atoms with E-state index < -0.39 is 5.63 Å². The molecule has 2 aromatic heterocycles. The van der Waals surface area contributed by atoms with Crippen LogP contribution in [0, 0.1) is 0 Å². The summed E-state index contributed by atoms with van der Waals surface area (Å²) in [6.07, 6.45) is 0. The Kier molecular flexibility index (Phi) is 4.52. The number of ether oxygens (including phenoxy) is 1. The van der Waals surface area contributed by atoms with Gasteiger partial charge in [0.1, 0.15) is 23.7 Å². The highest BCUT2D eigenvalue weighted by Gasteiger charge is 2.09. The summed E-state index contributed by atoms with van der Waals surface area (Å²) in [7, 11) is 0. The Labute approximate surface area is 151 Å². The molecule has 3 N–H and O–H groups in total. The van der Waals surface area contributed by atoms with Gasteiger partial charge in [0.15, 0.2) is 5.13 Å². The van der Waals surface area contributed by atoms with Crippen molar-refractivity contribution in [3.8, 4) is 11.5 Å². The van der Waals surface area contributed by atoms with Crippen molar-refractivity contribution in [3.63, 3.8) is 0 Å². The summed E-state index contributed by atoms with van der Waals surface area (Å²) in [6.45, 7) is 0.283. The molecule has 0 saturated carbocycles. The number of nitrogen functional groups attached to an aromatic ring is 1. The SMILES string of the molecule is Cl.Nc1nc(COc2ccc3c(c2)oc(=O)c2cc(O)ccc23)cs1. The minimum absolute atomic E-state index is 0. The molecule has 4 rings (SSSR count). The molecule has 0 radical (unpaired) electrons. The lowest BCUT2D eigenvalue weighted by molar-refractivity contribution is 0.302. The fourth-order valence-corrected chi connectivity index (χ4v) is 3.08. The standard InChI is InChI=1S/C17H12N2O4S.ClH/c18-17-19-9(8-24-17)7-22-11-2-4-13-12-3-1-10(20)5-14(12)16(21)23-15(13)6-11;/h1-6,8,20H,7H2,(H2,18,19);1H. The number of aromatic nitrogens is 1. The molecule has 2 aromatic carbocycles. The van der Waals surface area contributed by atoms with E-state index in [1.54, 1.807) is 18.2 Å². The molecule has 0 bridgehead atoms. The zero-order chi connectivity index (χ0) is 16.7. The Balaban J connectivity index is 0.00000182. The number of rotatable bonds is 3. The van der Waals surface area contributed by atoms with Gasteiger partial charge in [-0.25, -0.2) is 9.78 Å². The van der Waals surface area contributed by atoms with E-state index in [0.29, 0.717) is 21.9 Å². The van der Waals surface area contributed by atoms with E-state index in [1.807, 2.05) is 11.4 Å². The first-order valence-electron chi connectivity index (χ1n) is 7.12. The van der Waals surface area contributed by atoms with Crippen LogP contribution in [0.4, 0.5) is 5.13 Å². The molecule has 6 nitrogen and oxygen atoms in total. The zero-order valence-corrected chi connectivity index (χ0v) is 14.4. The first-order chi connectivity index (χ1) is 11.6. The quantitative estimate of drug-likeness (QED) is 0.418. The predicted molar refractivity (Wildman–Crippen MR) is 99.8 cm³/mol. The number of hydrogen-bond acceptors (Lipinski definition) is 7. The van der Waals surface area contributed by atoms with Gasteiger partial charge in [0, 0.05) is 22.2 Å². The number of aromatic hydroxyl groups is 1. The van der Waals surface area contributed by atoms with Crippen molar-refractivity contribution in [2.75, 3.05) is 5.73 Å². The molecule has 0 fully saturated rings. The largest absolute Gasteiger partial charge is 0.508 e. The Morgan fingerprint density at radius 1 is 1.16 bits per heavy atom. The van der Waals surface area contributed by atoms with Crippen LogP contribution in [0.25, 0.3) is 21.7 Å². The highest BCUT2D eigenvalue weighted by molar-refractivity contribution is 7.13. The highest BCUT2D eigenvalue weighted by Crippen LogP contribution is 2.28. The number of anilines is 1. The normalized spacial score (nSPS) is 10.7. The van der Waals surface area contributed by atoms with Crippen LogP contribution in [0.15, 0.2) is 51.0 Å². The molecule has 0 amide bonds. The molecule has 4 aromatic rings. The number of thiazole rings is 1. The number of nitrogens with two attached hydrogens (primary N) is 1. The van der Waals surface area contributed by atoms with Crippen LogP contribution in [-0.2, 0) is 6.61 Å². The lowest BCUT2D eigenvalue weighted by Crippen LogP contribution is -2.00. The van der Waals surface area contributed by atoms with Crippen LogP contribution in [0.5, 0.6) is 11.5 Å². The van der Waals surface area contributed by atoms with E-state index in [-0.39, 0.29) is 24.8 Å². The van der Waals surface area contributed by atoms with Crippen LogP contribution in [0.3, 0.4) is 0 Å². The minimum Gasteiger partial charge on any atom is -0.508 e. The van der Waals surface area contributed by atoms with Gasteiger partial charge < -0.3 is 20.0 Å². The number of halogens is 1. The van der Waals surface area contributed by atoms with Gasteiger partial charge in [0.25, 0.3) is 0 Å². The molecule has 0 atom stereocenters. The van der Waals surface area contributed by atoms with Crippen molar-refractivity contribution < 1.29 is 14.3 Å². The topological polar surface area (TPSA) is 98.6 Å². The molecular weight excluding hydrogens is 364 g/mol. The molecule has 0 saturated heterocycles. The van der Waals surface area contributed by atoms with Gasteiger partial charge in [0.2, 0.25) is 0 Å². The second kappa shape index (κ2) is 6.62. The van der Waals surface area contributed by atoms with Crippen LogP contribution in [-0.4, -0.2) is 10.1 Å². The van der Waals surface area contributed by atoms with Crippen molar-refractivity contribution in [1.29, 1.82) is 0 Å². The van der Waals surface area contributed by atoms with Gasteiger partial charge in [0.05, 0.1) is 11.1 Å². The van der Waals surface area contributed by atoms with Crippen LogP contribution in [0.1, 0.15) is 5.69 Å². The summed E-state index contributed by atoms with van der Waals surface area (Å²) in [5, 5.41) is 13.7. The molecule has 0 spiro atoms. The average molecular weight is 377 g/mol. The molecule has 0 unspecified atom stereocenters. The third-order valence-corrected chi connectivity index (χ3v) is 4.35. The lowest BCUT2D eigenvalue weighted by Gasteiger charge is -2.07. The van der Waals surface area contributed by atoms with Gasteiger partial charge in [-0.2, -0.15) is 0 Å². The first kappa shape index (κ1) is 17.1. The summed E-state index contributed by atoms with van der Waals surface area (Å²) in [4.78, 5) is 16.2. The predicted octanol–water partition coefficient (Wildman–Crippen LogP) is 3.69. The number of phenols is 1. The van der Waals surface area contributed by atoms with E-state index in [1.165, 1.54) is 23.5 Å². The molecule has 0 aliphatic rings. The molecule has 8 heteroatoms. The molecule has 0 aliphatic heterocycles. The smallest absolute Gasteiger partial charge is 0.344 e. The highest BCUT2D eigenvalue weighted by atomic mass is 35.5. The fourth-order valence-electron chi connectivity index (χ4n) is 2.54. The Bertz CT molecular complexity index is 1120. The van der Waals surface area contributed by atoms with E-state index in [9.17, 15) is 9.90 Å². The van der Waals surface area contributed by atoms with Crippen LogP contribution < -0.4 is 16.1 Å². The zero-order valence-electron chi connectivity index (χ0n) is 12.8. The van der Waals surface area contributed by atoms with Crippen LogP contribution in [0.2, 0.25) is 0 Å². The van der Waals surface area contributed by atoms with Gasteiger partial charge in [-0.15, -0.1) is 23.7 Å². The van der Waals surface area contributed by atoms with Crippen LogP contribution >= 0.6 is 23.7 Å². The Morgan fingerprint density at radius 3 is 2.72 bits per heavy atom. The molecular formula is C17H13ClN2O4S. The maximum atomic E-state index is 12.1. The average Bonchev–Trinajstić information content (AvgIpc) is 2.98. The summed E-state index contributed by atoms with van der Waals surface area (Å²) >= 11 is 1.35. The summed E-state index contributed by atoms with van der Waals surface area (Å²) in [5.41, 5.74) is 6.25. The van der Waals surface area contributed by atoms with Gasteiger partial charge in [-0.05, 0) is 30.3 Å². The maximum Gasteiger partial charge on any atom is 0.344 e. The second-order valence-corrected chi connectivity index (χ2v) is 6.13. The molecule has 2 heterocycles. The molecule has 0 aliphatic carbocycles. The van der Waals surface area contributed by atoms with E-state index in [2.05, 4.69) is 4.98 Å². The van der Waals surface area contributed by atoms with Gasteiger partial charge in [-0.3, -0.25) is 0 Å². The summed E-state index contributed by atoms with van der Waals surface area (Å²) in [6, 6.07) is 9.92. The van der Waals surface area contributed by atoms with Crippen molar-refractivity contribution in [2.24, 2.45) is 0 Å². The van der Waals surface area contributed by atoms with E-state index in [4.69, 9.17) is 14.9 Å². The molecule has 128 valence electrons. The monoisotopic (exact) mass is 376 g/mol. The van der Waals surface area contributed by atoms with Gasteiger partial charge >= 0.3 is 5.63 Å². The molecule has 25 heavy (non-hydrogen) atoms. The van der Waals surface area contributed by atoms with Crippen molar-refractivity contribution in [3.05, 3.63) is 57.9 Å². The lowest BCUT2D eigenvalue weighted by atomic mass is 10.1. The van der Waals surface area contributed by atoms with E-state index in [0.717, 1.165) is 16.5 Å². The Hall–Kier alpha value is -2.77. The third-order valence-electron chi connectivity index (χ3n) is 3.63. The van der Waals surface area contributed by atoms with Gasteiger partial charge in [-0.1, -0.05) is 0 Å². The third kappa shape index (κ3) is 3.24. The van der Waals surface area contributed by atoms with Crippen molar-refractivity contribution in [2.45, 2.75) is 6.61 Å². The number of fused-ring (bicyclic) bond motifs is 3. The number of nitrogens with zero attached hydrogens (tertiary/aromatic N) is 1. The summed E-state index contributed by atoms with van der Waals surface area (Å²) < 4.78 is 11.0. The number of benzene rings is 2. The summed E-state index contributed by atoms with van der Waals surface area (Å²) in [5.74, 6) is 0.590. The van der Waals surface area contributed by atoms with Crippen molar-refractivity contribution in [1.82, 2.24) is 4.98 Å². The maximum absolute atomic E-state index is 12.1. The second-order valence-electron chi connectivity index (χ2n) is 5.24. The number of hydrogen-bond donors (Lipinski definition) is 2. The minimum atomic E-state index is -0.502. The number of phenolic OH excluding ortho intramolecular Hbond substituents is 1.